The zero-order valence-corrected chi connectivity index (χ0v) is 15.4. The number of nitrogens with zero attached hydrogens (tertiary/aromatic N) is 2. The SMILES string of the molecule is CCC(C)C(=O)N1Cc2ccccc2CC1C(=O)N1CCC(C(=O)O)C1. The van der Waals surface area contributed by atoms with Gasteiger partial charge in [-0.05, 0) is 24.0 Å². The Morgan fingerprint density at radius 3 is 2.54 bits per heavy atom. The molecule has 3 unspecified atom stereocenters. The van der Waals surface area contributed by atoms with Crippen LogP contribution in [0.15, 0.2) is 24.3 Å². The summed E-state index contributed by atoms with van der Waals surface area (Å²) in [5.74, 6) is -1.63. The fourth-order valence-electron chi connectivity index (χ4n) is 3.81. The van der Waals surface area contributed by atoms with Gasteiger partial charge in [0.25, 0.3) is 0 Å². The highest BCUT2D eigenvalue weighted by Gasteiger charge is 2.40. The lowest BCUT2D eigenvalue weighted by Crippen LogP contribution is -2.54. The third-order valence-electron chi connectivity index (χ3n) is 5.70. The lowest BCUT2D eigenvalue weighted by atomic mass is 9.91. The highest BCUT2D eigenvalue weighted by Crippen LogP contribution is 2.28. The first kappa shape index (κ1) is 18.4. The highest BCUT2D eigenvalue weighted by atomic mass is 16.4. The molecule has 1 fully saturated rings. The summed E-state index contributed by atoms with van der Waals surface area (Å²) in [6.45, 7) is 4.97. The van der Waals surface area contributed by atoms with Gasteiger partial charge in [0.05, 0.1) is 5.92 Å². The number of carbonyl (C=O) groups excluding carboxylic acids is 2. The molecule has 3 rings (SSSR count). The molecule has 6 nitrogen and oxygen atoms in total. The minimum atomic E-state index is -0.859. The molecule has 1 saturated heterocycles. The molecule has 140 valence electrons. The van der Waals surface area contributed by atoms with Crippen molar-refractivity contribution in [2.75, 3.05) is 13.1 Å². The maximum atomic E-state index is 13.1. The van der Waals surface area contributed by atoms with Crippen molar-refractivity contribution in [3.05, 3.63) is 35.4 Å². The van der Waals surface area contributed by atoms with E-state index in [0.29, 0.717) is 25.9 Å². The number of hydrogen-bond donors (Lipinski definition) is 1. The van der Waals surface area contributed by atoms with E-state index in [1.165, 1.54) is 0 Å². The maximum Gasteiger partial charge on any atom is 0.308 e. The number of benzene rings is 1. The average molecular weight is 358 g/mol. The van der Waals surface area contributed by atoms with Crippen LogP contribution in [0.25, 0.3) is 0 Å². The fourth-order valence-corrected chi connectivity index (χ4v) is 3.81. The fraction of sp³-hybridized carbons (Fsp3) is 0.550. The van der Waals surface area contributed by atoms with E-state index in [-0.39, 0.29) is 24.3 Å². The summed E-state index contributed by atoms with van der Waals surface area (Å²) in [6.07, 6.45) is 1.69. The monoisotopic (exact) mass is 358 g/mol. The summed E-state index contributed by atoms with van der Waals surface area (Å²) in [6, 6.07) is 7.36. The average Bonchev–Trinajstić information content (AvgIpc) is 3.15. The maximum absolute atomic E-state index is 13.1. The molecule has 0 aliphatic carbocycles. The molecule has 0 spiro atoms. The van der Waals surface area contributed by atoms with Gasteiger partial charge in [-0.1, -0.05) is 38.1 Å². The van der Waals surface area contributed by atoms with Gasteiger partial charge in [0.2, 0.25) is 11.8 Å². The van der Waals surface area contributed by atoms with Crippen molar-refractivity contribution in [3.8, 4) is 0 Å². The zero-order valence-electron chi connectivity index (χ0n) is 15.4. The van der Waals surface area contributed by atoms with Crippen molar-refractivity contribution in [2.24, 2.45) is 11.8 Å². The Bertz CT molecular complexity index is 718. The van der Waals surface area contributed by atoms with Crippen LogP contribution in [-0.2, 0) is 27.3 Å². The molecule has 2 amide bonds. The Kier molecular flexibility index (Phi) is 5.30. The van der Waals surface area contributed by atoms with E-state index < -0.39 is 17.9 Å². The summed E-state index contributed by atoms with van der Waals surface area (Å²) in [5, 5.41) is 9.20. The molecule has 1 N–H and O–H groups in total. The largest absolute Gasteiger partial charge is 0.481 e. The zero-order chi connectivity index (χ0) is 18.8. The first-order valence-corrected chi connectivity index (χ1v) is 9.31. The Labute approximate surface area is 153 Å². The van der Waals surface area contributed by atoms with Crippen LogP contribution in [0.1, 0.15) is 37.8 Å². The van der Waals surface area contributed by atoms with Crippen molar-refractivity contribution in [1.29, 1.82) is 0 Å². The predicted octanol–water partition coefficient (Wildman–Crippen LogP) is 1.92. The predicted molar refractivity (Wildman–Crippen MR) is 96.3 cm³/mol. The minimum absolute atomic E-state index is 0.00525. The molecule has 2 heterocycles. The van der Waals surface area contributed by atoms with E-state index in [2.05, 4.69) is 0 Å². The van der Waals surface area contributed by atoms with Crippen LogP contribution in [0.5, 0.6) is 0 Å². The standard InChI is InChI=1S/C20H26N2O4/c1-3-13(2)18(23)22-12-15-7-5-4-6-14(15)10-17(22)19(24)21-9-8-16(11-21)20(25)26/h4-7,13,16-17H,3,8-12H2,1-2H3,(H,25,26). The van der Waals surface area contributed by atoms with Gasteiger partial charge in [-0.25, -0.2) is 0 Å². The lowest BCUT2D eigenvalue weighted by Gasteiger charge is -2.39. The van der Waals surface area contributed by atoms with E-state index in [9.17, 15) is 19.5 Å². The smallest absolute Gasteiger partial charge is 0.308 e. The summed E-state index contributed by atoms with van der Waals surface area (Å²) in [4.78, 5) is 40.6. The Balaban J connectivity index is 1.85. The summed E-state index contributed by atoms with van der Waals surface area (Å²) in [7, 11) is 0. The molecular weight excluding hydrogens is 332 g/mol. The topological polar surface area (TPSA) is 77.9 Å². The molecule has 0 saturated carbocycles. The Hall–Kier alpha value is -2.37. The molecule has 1 aromatic carbocycles. The summed E-state index contributed by atoms with van der Waals surface area (Å²) >= 11 is 0. The van der Waals surface area contributed by atoms with Gasteiger partial charge in [0, 0.05) is 32.0 Å². The second-order valence-electron chi connectivity index (χ2n) is 7.37. The van der Waals surface area contributed by atoms with Gasteiger partial charge in [-0.2, -0.15) is 0 Å². The van der Waals surface area contributed by atoms with Gasteiger partial charge in [-0.15, -0.1) is 0 Å². The van der Waals surface area contributed by atoms with Gasteiger partial charge < -0.3 is 14.9 Å². The quantitative estimate of drug-likeness (QED) is 0.892. The molecule has 2 aliphatic heterocycles. The van der Waals surface area contributed by atoms with Crippen molar-refractivity contribution in [1.82, 2.24) is 9.80 Å². The molecule has 2 aliphatic rings. The van der Waals surface area contributed by atoms with Crippen molar-refractivity contribution < 1.29 is 19.5 Å². The molecule has 26 heavy (non-hydrogen) atoms. The molecule has 6 heteroatoms. The minimum Gasteiger partial charge on any atom is -0.481 e. The molecular formula is C20H26N2O4. The van der Waals surface area contributed by atoms with Crippen LogP contribution < -0.4 is 0 Å². The molecule has 0 bridgehead atoms. The van der Waals surface area contributed by atoms with E-state index in [1.54, 1.807) is 9.80 Å². The number of rotatable bonds is 4. The van der Waals surface area contributed by atoms with Crippen molar-refractivity contribution >= 4 is 17.8 Å². The van der Waals surface area contributed by atoms with Crippen LogP contribution in [0.2, 0.25) is 0 Å². The van der Waals surface area contributed by atoms with Crippen LogP contribution in [0.4, 0.5) is 0 Å². The normalized spacial score (nSPS) is 23.5. The second kappa shape index (κ2) is 7.48. The molecule has 3 atom stereocenters. The first-order valence-electron chi connectivity index (χ1n) is 9.31. The van der Waals surface area contributed by atoms with Gasteiger partial charge in [0.1, 0.15) is 6.04 Å². The number of carboxylic acid groups (broad SMARTS) is 1. The van der Waals surface area contributed by atoms with Gasteiger partial charge >= 0.3 is 5.97 Å². The van der Waals surface area contributed by atoms with Crippen LogP contribution >= 0.6 is 0 Å². The van der Waals surface area contributed by atoms with E-state index in [0.717, 1.165) is 17.5 Å². The van der Waals surface area contributed by atoms with E-state index >= 15 is 0 Å². The number of carbonyl (C=O) groups is 3. The number of amides is 2. The number of hydrogen-bond acceptors (Lipinski definition) is 3. The Morgan fingerprint density at radius 2 is 1.92 bits per heavy atom. The second-order valence-corrected chi connectivity index (χ2v) is 7.37. The molecule has 1 aromatic rings. The number of likely N-dealkylation sites (tertiary alicyclic amines) is 1. The number of fused-ring (bicyclic) bond motifs is 1. The number of carboxylic acids is 1. The van der Waals surface area contributed by atoms with Crippen molar-refractivity contribution in [3.63, 3.8) is 0 Å². The third kappa shape index (κ3) is 3.45. The summed E-state index contributed by atoms with van der Waals surface area (Å²) in [5.41, 5.74) is 2.17. The third-order valence-corrected chi connectivity index (χ3v) is 5.70. The van der Waals surface area contributed by atoms with E-state index in [1.807, 2.05) is 38.1 Å². The van der Waals surface area contributed by atoms with Crippen LogP contribution in [0, 0.1) is 11.8 Å². The van der Waals surface area contributed by atoms with Crippen molar-refractivity contribution in [2.45, 2.75) is 45.7 Å². The summed E-state index contributed by atoms with van der Waals surface area (Å²) < 4.78 is 0. The van der Waals surface area contributed by atoms with E-state index in [4.69, 9.17) is 0 Å². The number of aliphatic carboxylic acids is 1. The first-order chi connectivity index (χ1) is 12.4. The van der Waals surface area contributed by atoms with Gasteiger partial charge in [0.15, 0.2) is 0 Å². The molecule has 0 radical (unpaired) electrons. The van der Waals surface area contributed by atoms with Crippen LogP contribution in [-0.4, -0.2) is 51.8 Å². The highest BCUT2D eigenvalue weighted by molar-refractivity contribution is 5.90. The molecule has 0 aromatic heterocycles. The lowest BCUT2D eigenvalue weighted by molar-refractivity contribution is -0.149. The van der Waals surface area contributed by atoms with Crippen LogP contribution in [0.3, 0.4) is 0 Å². The van der Waals surface area contributed by atoms with Gasteiger partial charge in [-0.3, -0.25) is 14.4 Å². The Morgan fingerprint density at radius 1 is 1.23 bits per heavy atom.